The molecule has 0 amide bonds. The fraction of sp³-hybridized carbons (Fsp3) is 0.500. The predicted molar refractivity (Wildman–Crippen MR) is 72.2 cm³/mol. The second-order valence-corrected chi connectivity index (χ2v) is 5.64. The molecular formula is C12H16ClNO2S. The minimum atomic E-state index is 0.176. The molecule has 1 aliphatic rings. The first-order valence-electron chi connectivity index (χ1n) is 5.57. The SMILES string of the molecule is COc1cc(Cl)cc(CNC2CCSC2)c1O. The zero-order chi connectivity index (χ0) is 12.3. The second kappa shape index (κ2) is 5.85. The summed E-state index contributed by atoms with van der Waals surface area (Å²) < 4.78 is 5.07. The molecule has 0 saturated carbocycles. The number of halogens is 1. The van der Waals surface area contributed by atoms with Crippen molar-refractivity contribution in [3.63, 3.8) is 0 Å². The van der Waals surface area contributed by atoms with Gasteiger partial charge in [0.1, 0.15) is 0 Å². The number of hydrogen-bond donors (Lipinski definition) is 2. The molecule has 1 fully saturated rings. The number of thioether (sulfide) groups is 1. The van der Waals surface area contributed by atoms with Crippen molar-refractivity contribution in [2.45, 2.75) is 19.0 Å². The van der Waals surface area contributed by atoms with Crippen LogP contribution in [0.25, 0.3) is 0 Å². The van der Waals surface area contributed by atoms with E-state index in [4.69, 9.17) is 16.3 Å². The monoisotopic (exact) mass is 273 g/mol. The van der Waals surface area contributed by atoms with Crippen LogP contribution in [0.4, 0.5) is 0 Å². The maximum Gasteiger partial charge on any atom is 0.162 e. The maximum absolute atomic E-state index is 9.96. The molecule has 1 heterocycles. The standard InChI is InChI=1S/C12H16ClNO2S/c1-16-11-5-9(13)4-8(12(11)15)6-14-10-2-3-17-7-10/h4-5,10,14-15H,2-3,6-7H2,1H3. The van der Waals surface area contributed by atoms with E-state index in [1.165, 1.54) is 19.3 Å². The van der Waals surface area contributed by atoms with Crippen LogP contribution in [0.5, 0.6) is 11.5 Å². The van der Waals surface area contributed by atoms with Crippen LogP contribution in [0.2, 0.25) is 5.02 Å². The lowest BCUT2D eigenvalue weighted by molar-refractivity contribution is 0.369. The molecule has 0 aliphatic carbocycles. The van der Waals surface area contributed by atoms with Crippen molar-refractivity contribution in [2.24, 2.45) is 0 Å². The molecule has 3 nitrogen and oxygen atoms in total. The van der Waals surface area contributed by atoms with Crippen LogP contribution in [0.3, 0.4) is 0 Å². The molecule has 1 atom stereocenters. The molecule has 0 spiro atoms. The molecule has 1 aromatic rings. The van der Waals surface area contributed by atoms with Crippen LogP contribution in [0, 0.1) is 0 Å². The summed E-state index contributed by atoms with van der Waals surface area (Å²) in [6.07, 6.45) is 1.18. The molecule has 1 aromatic carbocycles. The zero-order valence-corrected chi connectivity index (χ0v) is 11.3. The van der Waals surface area contributed by atoms with Gasteiger partial charge in [-0.15, -0.1) is 0 Å². The molecule has 1 aliphatic heterocycles. The third-order valence-electron chi connectivity index (χ3n) is 2.85. The number of methoxy groups -OCH3 is 1. The summed E-state index contributed by atoms with van der Waals surface area (Å²) in [5, 5.41) is 14.0. The number of ether oxygens (including phenoxy) is 1. The van der Waals surface area contributed by atoms with Gasteiger partial charge in [-0.1, -0.05) is 11.6 Å². The number of phenols is 1. The predicted octanol–water partition coefficient (Wildman–Crippen LogP) is 2.65. The number of benzene rings is 1. The first-order valence-corrected chi connectivity index (χ1v) is 7.10. The lowest BCUT2D eigenvalue weighted by Crippen LogP contribution is -2.28. The third-order valence-corrected chi connectivity index (χ3v) is 4.23. The molecule has 0 aromatic heterocycles. The van der Waals surface area contributed by atoms with E-state index in [1.54, 1.807) is 12.1 Å². The van der Waals surface area contributed by atoms with Crippen molar-refractivity contribution in [3.8, 4) is 11.5 Å². The van der Waals surface area contributed by atoms with Gasteiger partial charge in [0.05, 0.1) is 7.11 Å². The Bertz CT molecular complexity index is 394. The summed E-state index contributed by atoms with van der Waals surface area (Å²) in [5.74, 6) is 2.95. The number of aromatic hydroxyl groups is 1. The zero-order valence-electron chi connectivity index (χ0n) is 9.70. The molecular weight excluding hydrogens is 258 g/mol. The van der Waals surface area contributed by atoms with Crippen molar-refractivity contribution < 1.29 is 9.84 Å². The van der Waals surface area contributed by atoms with Crippen molar-refractivity contribution >= 4 is 23.4 Å². The van der Waals surface area contributed by atoms with E-state index in [1.807, 2.05) is 11.8 Å². The van der Waals surface area contributed by atoms with E-state index in [2.05, 4.69) is 5.32 Å². The lowest BCUT2D eigenvalue weighted by atomic mass is 10.1. The number of phenolic OH excluding ortho intramolecular Hbond substituents is 1. The highest BCUT2D eigenvalue weighted by Gasteiger charge is 2.16. The number of nitrogens with one attached hydrogen (secondary N) is 1. The maximum atomic E-state index is 9.96. The Morgan fingerprint density at radius 2 is 2.41 bits per heavy atom. The van der Waals surface area contributed by atoms with Gasteiger partial charge in [-0.2, -0.15) is 11.8 Å². The van der Waals surface area contributed by atoms with E-state index in [9.17, 15) is 5.11 Å². The molecule has 2 rings (SSSR count). The minimum absolute atomic E-state index is 0.176. The van der Waals surface area contributed by atoms with Gasteiger partial charge in [0.25, 0.3) is 0 Å². The fourth-order valence-corrected chi connectivity index (χ4v) is 3.29. The van der Waals surface area contributed by atoms with E-state index in [0.29, 0.717) is 23.4 Å². The number of hydrogen-bond acceptors (Lipinski definition) is 4. The van der Waals surface area contributed by atoms with Crippen molar-refractivity contribution in [2.75, 3.05) is 18.6 Å². The minimum Gasteiger partial charge on any atom is -0.504 e. The molecule has 0 bridgehead atoms. The summed E-state index contributed by atoms with van der Waals surface area (Å²) in [6, 6.07) is 3.92. The van der Waals surface area contributed by atoms with Gasteiger partial charge < -0.3 is 15.2 Å². The Morgan fingerprint density at radius 1 is 1.59 bits per heavy atom. The topological polar surface area (TPSA) is 41.5 Å². The summed E-state index contributed by atoms with van der Waals surface area (Å²) in [5.41, 5.74) is 0.784. The second-order valence-electron chi connectivity index (χ2n) is 4.06. The first-order chi connectivity index (χ1) is 8.20. The average Bonchev–Trinajstić information content (AvgIpc) is 2.82. The van der Waals surface area contributed by atoms with Crippen LogP contribution >= 0.6 is 23.4 Å². The third kappa shape index (κ3) is 3.21. The van der Waals surface area contributed by atoms with Crippen LogP contribution in [-0.4, -0.2) is 29.8 Å². The van der Waals surface area contributed by atoms with Crippen LogP contribution in [0.15, 0.2) is 12.1 Å². The van der Waals surface area contributed by atoms with Gasteiger partial charge in [0.15, 0.2) is 11.5 Å². The molecule has 0 radical (unpaired) electrons. The highest BCUT2D eigenvalue weighted by Crippen LogP contribution is 2.33. The van der Waals surface area contributed by atoms with E-state index in [0.717, 1.165) is 11.3 Å². The highest BCUT2D eigenvalue weighted by atomic mass is 35.5. The summed E-state index contributed by atoms with van der Waals surface area (Å²) in [4.78, 5) is 0. The molecule has 2 N–H and O–H groups in total. The Hall–Kier alpha value is -0.580. The van der Waals surface area contributed by atoms with Gasteiger partial charge in [0, 0.05) is 35.0 Å². The van der Waals surface area contributed by atoms with Gasteiger partial charge in [0.2, 0.25) is 0 Å². The molecule has 1 unspecified atom stereocenters. The Labute approximate surface area is 110 Å². The summed E-state index contributed by atoms with van der Waals surface area (Å²) in [6.45, 7) is 0.619. The van der Waals surface area contributed by atoms with E-state index < -0.39 is 0 Å². The van der Waals surface area contributed by atoms with Crippen molar-refractivity contribution in [1.82, 2.24) is 5.32 Å². The Balaban J connectivity index is 2.06. The normalized spacial score (nSPS) is 19.5. The van der Waals surface area contributed by atoms with Gasteiger partial charge in [-0.3, -0.25) is 0 Å². The Morgan fingerprint density at radius 3 is 3.06 bits per heavy atom. The first kappa shape index (κ1) is 12.9. The van der Waals surface area contributed by atoms with Crippen molar-refractivity contribution in [1.29, 1.82) is 0 Å². The van der Waals surface area contributed by atoms with E-state index >= 15 is 0 Å². The van der Waals surface area contributed by atoms with Crippen LogP contribution < -0.4 is 10.1 Å². The van der Waals surface area contributed by atoms with Gasteiger partial charge in [-0.25, -0.2) is 0 Å². The summed E-state index contributed by atoms with van der Waals surface area (Å²) >= 11 is 7.93. The lowest BCUT2D eigenvalue weighted by Gasteiger charge is -2.14. The highest BCUT2D eigenvalue weighted by molar-refractivity contribution is 7.99. The molecule has 1 saturated heterocycles. The molecule has 94 valence electrons. The Kier molecular flexibility index (Phi) is 4.42. The van der Waals surface area contributed by atoms with E-state index in [-0.39, 0.29) is 5.75 Å². The largest absolute Gasteiger partial charge is 0.504 e. The van der Waals surface area contributed by atoms with Crippen LogP contribution in [0.1, 0.15) is 12.0 Å². The van der Waals surface area contributed by atoms with Crippen LogP contribution in [-0.2, 0) is 6.54 Å². The van der Waals surface area contributed by atoms with Crippen molar-refractivity contribution in [3.05, 3.63) is 22.7 Å². The summed E-state index contributed by atoms with van der Waals surface area (Å²) in [7, 11) is 1.52. The molecule has 5 heteroatoms. The average molecular weight is 274 g/mol. The quantitative estimate of drug-likeness (QED) is 0.885. The van der Waals surface area contributed by atoms with Gasteiger partial charge in [-0.05, 0) is 18.2 Å². The smallest absolute Gasteiger partial charge is 0.162 e. The fourth-order valence-electron chi connectivity index (χ4n) is 1.87. The number of rotatable bonds is 4. The molecule has 17 heavy (non-hydrogen) atoms. The van der Waals surface area contributed by atoms with Gasteiger partial charge >= 0.3 is 0 Å².